The zero-order valence-electron chi connectivity index (χ0n) is 19.6. The zero-order valence-corrected chi connectivity index (χ0v) is 19.6. The van der Waals surface area contributed by atoms with Gasteiger partial charge in [0.1, 0.15) is 24.4 Å². The maximum atomic E-state index is 13.2. The second-order valence-electron chi connectivity index (χ2n) is 8.73. The third-order valence-corrected chi connectivity index (χ3v) is 5.78. The van der Waals surface area contributed by atoms with Crippen molar-refractivity contribution in [3.8, 4) is 5.75 Å². The number of amides is 5. The Kier molecular flexibility index (Phi) is 8.08. The second-order valence-corrected chi connectivity index (χ2v) is 8.73. The van der Waals surface area contributed by atoms with Gasteiger partial charge >= 0.3 is 0 Å². The Morgan fingerprint density at radius 2 is 1.79 bits per heavy atom. The van der Waals surface area contributed by atoms with E-state index >= 15 is 0 Å². The van der Waals surface area contributed by atoms with Crippen molar-refractivity contribution in [2.24, 2.45) is 5.92 Å². The number of fused-ring (bicyclic) bond motifs is 1. The lowest BCUT2D eigenvalue weighted by molar-refractivity contribution is -0.141. The monoisotopic (exact) mass is 473 g/mol. The number of ether oxygens (including phenoxy) is 1. The van der Waals surface area contributed by atoms with E-state index in [1.807, 2.05) is 13.8 Å². The molecule has 1 fully saturated rings. The highest BCUT2D eigenvalue weighted by atomic mass is 16.5. The molecular formula is C23H31N5O6. The van der Waals surface area contributed by atoms with Crippen LogP contribution in [0, 0.1) is 5.92 Å². The number of benzene rings is 1. The fourth-order valence-electron chi connectivity index (χ4n) is 3.83. The van der Waals surface area contributed by atoms with E-state index in [9.17, 15) is 24.0 Å². The van der Waals surface area contributed by atoms with E-state index in [-0.39, 0.29) is 62.5 Å². The van der Waals surface area contributed by atoms with Gasteiger partial charge < -0.3 is 30.5 Å². The molecule has 0 saturated carbocycles. The van der Waals surface area contributed by atoms with Crippen LogP contribution in [0.2, 0.25) is 0 Å². The van der Waals surface area contributed by atoms with Crippen LogP contribution in [-0.4, -0.2) is 91.3 Å². The van der Waals surface area contributed by atoms with Crippen LogP contribution in [0.3, 0.4) is 0 Å². The van der Waals surface area contributed by atoms with Gasteiger partial charge in [-0.15, -0.1) is 0 Å². The summed E-state index contributed by atoms with van der Waals surface area (Å²) in [7, 11) is 1.62. The molecular weight excluding hydrogens is 442 g/mol. The Labute approximate surface area is 198 Å². The molecule has 0 bridgehead atoms. The number of piperazine rings is 1. The lowest BCUT2D eigenvalue weighted by atomic mass is 10.0. The molecule has 0 aromatic heterocycles. The lowest BCUT2D eigenvalue weighted by Crippen LogP contribution is -2.57. The summed E-state index contributed by atoms with van der Waals surface area (Å²) in [4.78, 5) is 66.8. The number of para-hydroxylation sites is 1. The van der Waals surface area contributed by atoms with Crippen LogP contribution in [0.15, 0.2) is 24.3 Å². The Bertz CT molecular complexity index is 965. The largest absolute Gasteiger partial charge is 0.491 e. The average molecular weight is 474 g/mol. The van der Waals surface area contributed by atoms with Crippen LogP contribution < -0.4 is 20.7 Å². The van der Waals surface area contributed by atoms with Crippen LogP contribution in [-0.2, 0) is 19.2 Å². The standard InChI is InChI=1S/C23H31N5O6/c1-14(2)20-23(33)27(3)10-11-34-17-7-5-4-6-15(17)21(31)25-16(12-18(29)26-20)22(32)28-9-8-24-19(30)13-28/h4-7,14,16,20H,8-13H2,1-3H3,(H,24,30)(H,25,31)(H,26,29)/t16-,20-/m0/s1. The first-order valence-electron chi connectivity index (χ1n) is 11.3. The average Bonchev–Trinajstić information content (AvgIpc) is 2.80. The summed E-state index contributed by atoms with van der Waals surface area (Å²) < 4.78 is 5.77. The molecule has 2 atom stereocenters. The lowest BCUT2D eigenvalue weighted by Gasteiger charge is -2.31. The number of nitrogens with zero attached hydrogens (tertiary/aromatic N) is 2. The summed E-state index contributed by atoms with van der Waals surface area (Å²) in [6, 6.07) is 4.51. The van der Waals surface area contributed by atoms with E-state index in [1.54, 1.807) is 31.3 Å². The van der Waals surface area contributed by atoms with Crippen molar-refractivity contribution in [1.82, 2.24) is 25.8 Å². The topological polar surface area (TPSA) is 137 Å². The van der Waals surface area contributed by atoms with Gasteiger partial charge in [-0.3, -0.25) is 24.0 Å². The van der Waals surface area contributed by atoms with Gasteiger partial charge in [-0.05, 0) is 18.1 Å². The van der Waals surface area contributed by atoms with E-state index < -0.39 is 29.8 Å². The molecule has 2 heterocycles. The third-order valence-electron chi connectivity index (χ3n) is 5.78. The molecule has 1 aromatic carbocycles. The van der Waals surface area contributed by atoms with E-state index in [1.165, 1.54) is 9.80 Å². The van der Waals surface area contributed by atoms with Gasteiger partial charge in [0.15, 0.2) is 0 Å². The smallest absolute Gasteiger partial charge is 0.255 e. The van der Waals surface area contributed by atoms with Gasteiger partial charge in [-0.25, -0.2) is 0 Å². The molecule has 2 aliphatic heterocycles. The maximum absolute atomic E-state index is 13.2. The molecule has 34 heavy (non-hydrogen) atoms. The molecule has 3 rings (SSSR count). The van der Waals surface area contributed by atoms with Crippen molar-refractivity contribution < 1.29 is 28.7 Å². The van der Waals surface area contributed by atoms with Crippen LogP contribution in [0.25, 0.3) is 0 Å². The summed E-state index contributed by atoms with van der Waals surface area (Å²) in [6.07, 6.45) is -0.383. The number of hydrogen-bond acceptors (Lipinski definition) is 6. The van der Waals surface area contributed by atoms with Crippen molar-refractivity contribution in [2.75, 3.05) is 39.8 Å². The number of likely N-dealkylation sites (N-methyl/N-ethyl adjacent to an activating group) is 1. The van der Waals surface area contributed by atoms with Gasteiger partial charge in [0.2, 0.25) is 23.6 Å². The fraction of sp³-hybridized carbons (Fsp3) is 0.522. The van der Waals surface area contributed by atoms with Crippen molar-refractivity contribution >= 4 is 29.5 Å². The molecule has 11 heteroatoms. The van der Waals surface area contributed by atoms with Gasteiger partial charge in [0, 0.05) is 20.1 Å². The van der Waals surface area contributed by atoms with Crippen molar-refractivity contribution in [3.05, 3.63) is 29.8 Å². The minimum absolute atomic E-state index is 0.135. The molecule has 2 aliphatic rings. The Balaban J connectivity index is 1.93. The minimum atomic E-state index is -1.23. The quantitative estimate of drug-likeness (QED) is 0.511. The second kappa shape index (κ2) is 11.0. The van der Waals surface area contributed by atoms with Crippen LogP contribution >= 0.6 is 0 Å². The van der Waals surface area contributed by atoms with Crippen molar-refractivity contribution in [2.45, 2.75) is 32.4 Å². The first kappa shape index (κ1) is 25.0. The molecule has 3 N–H and O–H groups in total. The molecule has 5 amide bonds. The van der Waals surface area contributed by atoms with Gasteiger partial charge in [-0.2, -0.15) is 0 Å². The summed E-state index contributed by atoms with van der Waals surface area (Å²) in [5.41, 5.74) is 0.197. The summed E-state index contributed by atoms with van der Waals surface area (Å²) in [6.45, 7) is 4.39. The number of carbonyl (C=O) groups is 5. The summed E-state index contributed by atoms with van der Waals surface area (Å²) in [5.74, 6) is -2.18. The SMILES string of the molecule is CC(C)[C@@H]1NC(=O)C[C@@H](C(=O)N2CCNC(=O)C2)NC(=O)c2ccccc2OCCN(C)C1=O. The highest BCUT2D eigenvalue weighted by molar-refractivity contribution is 6.01. The molecule has 1 aromatic rings. The van der Waals surface area contributed by atoms with Gasteiger partial charge in [-0.1, -0.05) is 26.0 Å². The van der Waals surface area contributed by atoms with Crippen molar-refractivity contribution in [1.29, 1.82) is 0 Å². The molecule has 0 aliphatic carbocycles. The van der Waals surface area contributed by atoms with E-state index in [0.29, 0.717) is 5.75 Å². The predicted octanol–water partition coefficient (Wildman–Crippen LogP) is -0.875. The molecule has 184 valence electrons. The number of rotatable bonds is 2. The third kappa shape index (κ3) is 6.03. The summed E-state index contributed by atoms with van der Waals surface area (Å²) in [5, 5.41) is 7.98. The van der Waals surface area contributed by atoms with Crippen LogP contribution in [0.4, 0.5) is 0 Å². The van der Waals surface area contributed by atoms with Gasteiger partial charge in [0.25, 0.3) is 5.91 Å². The zero-order chi connectivity index (χ0) is 24.8. The first-order valence-corrected chi connectivity index (χ1v) is 11.3. The van der Waals surface area contributed by atoms with E-state index in [0.717, 1.165) is 0 Å². The first-order chi connectivity index (χ1) is 16.2. The predicted molar refractivity (Wildman–Crippen MR) is 122 cm³/mol. The molecule has 0 unspecified atom stereocenters. The van der Waals surface area contributed by atoms with Crippen LogP contribution in [0.1, 0.15) is 30.6 Å². The van der Waals surface area contributed by atoms with Crippen LogP contribution in [0.5, 0.6) is 5.75 Å². The molecule has 0 spiro atoms. The Hall–Kier alpha value is -3.63. The summed E-state index contributed by atoms with van der Waals surface area (Å²) >= 11 is 0. The Morgan fingerprint density at radius 3 is 2.50 bits per heavy atom. The van der Waals surface area contributed by atoms with Crippen molar-refractivity contribution in [3.63, 3.8) is 0 Å². The fourth-order valence-corrected chi connectivity index (χ4v) is 3.83. The highest BCUT2D eigenvalue weighted by Crippen LogP contribution is 2.19. The van der Waals surface area contributed by atoms with E-state index in [4.69, 9.17) is 4.74 Å². The molecule has 11 nitrogen and oxygen atoms in total. The van der Waals surface area contributed by atoms with E-state index in [2.05, 4.69) is 16.0 Å². The maximum Gasteiger partial charge on any atom is 0.255 e. The molecule has 0 radical (unpaired) electrons. The highest BCUT2D eigenvalue weighted by Gasteiger charge is 2.34. The molecule has 1 saturated heterocycles. The minimum Gasteiger partial charge on any atom is -0.491 e. The number of nitrogens with one attached hydrogen (secondary N) is 3. The Morgan fingerprint density at radius 1 is 1.06 bits per heavy atom. The normalized spacial score (nSPS) is 22.7. The van der Waals surface area contributed by atoms with Gasteiger partial charge in [0.05, 0.1) is 25.1 Å². The number of carbonyl (C=O) groups excluding carboxylic acids is 5. The number of hydrogen-bond donors (Lipinski definition) is 3.